The Morgan fingerprint density at radius 1 is 1.00 bits per heavy atom. The van der Waals surface area contributed by atoms with Crippen LogP contribution in [-0.4, -0.2) is 23.7 Å². The number of hydrogen-bond donors (Lipinski definition) is 0. The topological polar surface area (TPSA) is 44.2 Å². The molecular weight excluding hydrogens is 290 g/mol. The van der Waals surface area contributed by atoms with Crippen LogP contribution in [0.5, 0.6) is 11.6 Å². The number of ether oxygens (including phenoxy) is 2. The maximum absolute atomic E-state index is 12.6. The first-order chi connectivity index (χ1) is 10.7. The molecule has 112 valence electrons. The lowest BCUT2D eigenvalue weighted by atomic mass is 10.2. The van der Waals surface area contributed by atoms with Crippen LogP contribution in [0.25, 0.3) is 22.3 Å². The highest BCUT2D eigenvalue weighted by molar-refractivity contribution is 5.85. The van der Waals surface area contributed by atoms with Crippen molar-refractivity contribution in [2.24, 2.45) is 0 Å². The Hall–Kier alpha value is -2.76. The summed E-state index contributed by atoms with van der Waals surface area (Å²) in [5, 5.41) is 0.439. The number of alkyl halides is 2. The lowest BCUT2D eigenvalue weighted by Crippen LogP contribution is -2.05. The molecule has 0 saturated heterocycles. The molecule has 0 unspecified atom stereocenters. The van der Waals surface area contributed by atoms with Crippen LogP contribution in [0.3, 0.4) is 0 Å². The molecule has 1 aromatic heterocycles. The molecule has 0 amide bonds. The number of methoxy groups -OCH3 is 1. The molecule has 0 aliphatic heterocycles. The molecule has 0 spiro atoms. The first-order valence-electron chi connectivity index (χ1n) is 6.53. The van der Waals surface area contributed by atoms with Gasteiger partial charge in [-0.2, -0.15) is 13.8 Å². The molecular formula is C16H12F2N2O2. The van der Waals surface area contributed by atoms with Gasteiger partial charge in [0.1, 0.15) is 5.75 Å². The van der Waals surface area contributed by atoms with E-state index < -0.39 is 6.61 Å². The Kier molecular flexibility index (Phi) is 3.82. The zero-order valence-electron chi connectivity index (χ0n) is 11.7. The summed E-state index contributed by atoms with van der Waals surface area (Å²) < 4.78 is 34.9. The van der Waals surface area contributed by atoms with Gasteiger partial charge in [0.15, 0.2) is 5.82 Å². The molecule has 1 heterocycles. The van der Waals surface area contributed by atoms with Crippen molar-refractivity contribution < 1.29 is 18.3 Å². The highest BCUT2D eigenvalue weighted by atomic mass is 19.3. The summed E-state index contributed by atoms with van der Waals surface area (Å²) in [6, 6.07) is 13.9. The molecule has 0 radical (unpaired) electrons. The maximum Gasteiger partial charge on any atom is 0.388 e. The second-order valence-corrected chi connectivity index (χ2v) is 4.48. The summed E-state index contributed by atoms with van der Waals surface area (Å²) in [4.78, 5) is 8.52. The Morgan fingerprint density at radius 2 is 1.82 bits per heavy atom. The van der Waals surface area contributed by atoms with Crippen LogP contribution >= 0.6 is 0 Å². The van der Waals surface area contributed by atoms with Gasteiger partial charge in [-0.05, 0) is 24.3 Å². The van der Waals surface area contributed by atoms with Gasteiger partial charge >= 0.3 is 6.61 Å². The van der Waals surface area contributed by atoms with Crippen molar-refractivity contribution in [3.63, 3.8) is 0 Å². The normalized spacial score (nSPS) is 10.9. The fourth-order valence-corrected chi connectivity index (χ4v) is 2.11. The lowest BCUT2D eigenvalue weighted by Gasteiger charge is -2.10. The molecule has 6 heteroatoms. The van der Waals surface area contributed by atoms with E-state index >= 15 is 0 Å². The van der Waals surface area contributed by atoms with E-state index in [0.717, 1.165) is 0 Å². The maximum atomic E-state index is 12.6. The molecule has 0 atom stereocenters. The van der Waals surface area contributed by atoms with E-state index in [0.29, 0.717) is 28.0 Å². The van der Waals surface area contributed by atoms with E-state index in [2.05, 4.69) is 14.7 Å². The van der Waals surface area contributed by atoms with Crippen molar-refractivity contribution in [2.45, 2.75) is 6.61 Å². The summed E-state index contributed by atoms with van der Waals surface area (Å²) in [5.74, 6) is 0.789. The molecule has 3 rings (SSSR count). The van der Waals surface area contributed by atoms with E-state index in [1.807, 2.05) is 0 Å². The summed E-state index contributed by atoms with van der Waals surface area (Å²) in [5.41, 5.74) is 1.19. The number of halogens is 2. The predicted octanol–water partition coefficient (Wildman–Crippen LogP) is 3.91. The van der Waals surface area contributed by atoms with Gasteiger partial charge in [-0.25, -0.2) is 4.98 Å². The lowest BCUT2D eigenvalue weighted by molar-refractivity contribution is -0.0516. The highest BCUT2D eigenvalue weighted by Crippen LogP contribution is 2.28. The van der Waals surface area contributed by atoms with Crippen LogP contribution < -0.4 is 9.47 Å². The van der Waals surface area contributed by atoms with Gasteiger partial charge in [-0.15, -0.1) is 0 Å². The molecule has 0 bridgehead atoms. The average molecular weight is 302 g/mol. The molecule has 4 nitrogen and oxygen atoms in total. The fraction of sp³-hybridized carbons (Fsp3) is 0.125. The zero-order chi connectivity index (χ0) is 15.5. The van der Waals surface area contributed by atoms with Gasteiger partial charge in [0, 0.05) is 5.56 Å². The number of benzene rings is 2. The van der Waals surface area contributed by atoms with Gasteiger partial charge in [-0.3, -0.25) is 0 Å². The third-order valence-electron chi connectivity index (χ3n) is 3.10. The van der Waals surface area contributed by atoms with Crippen molar-refractivity contribution in [3.05, 3.63) is 48.5 Å². The van der Waals surface area contributed by atoms with Crippen LogP contribution in [0.4, 0.5) is 8.78 Å². The number of para-hydroxylation sites is 1. The summed E-state index contributed by atoms with van der Waals surface area (Å²) in [6.45, 7) is -2.95. The first kappa shape index (κ1) is 14.2. The first-order valence-corrected chi connectivity index (χ1v) is 6.53. The van der Waals surface area contributed by atoms with Crippen LogP contribution in [0.1, 0.15) is 0 Å². The van der Waals surface area contributed by atoms with Crippen LogP contribution in [0, 0.1) is 0 Å². The SMILES string of the molecule is COc1cccc(-c2nc(OC(F)F)c3ccccc3n2)c1. The van der Waals surface area contributed by atoms with Crippen LogP contribution in [0.2, 0.25) is 0 Å². The molecule has 0 fully saturated rings. The Bertz CT molecular complexity index is 809. The van der Waals surface area contributed by atoms with E-state index in [1.165, 1.54) is 0 Å². The monoisotopic (exact) mass is 302 g/mol. The van der Waals surface area contributed by atoms with Crippen molar-refractivity contribution in [3.8, 4) is 23.0 Å². The Labute approximate surface area is 125 Å². The summed E-state index contributed by atoms with van der Waals surface area (Å²) >= 11 is 0. The van der Waals surface area contributed by atoms with Gasteiger partial charge in [0.05, 0.1) is 18.0 Å². The Morgan fingerprint density at radius 3 is 2.59 bits per heavy atom. The van der Waals surface area contributed by atoms with E-state index in [1.54, 1.807) is 55.6 Å². The summed E-state index contributed by atoms with van der Waals surface area (Å²) in [7, 11) is 1.55. The Balaban J connectivity index is 2.17. The van der Waals surface area contributed by atoms with Crippen molar-refractivity contribution in [2.75, 3.05) is 7.11 Å². The fourth-order valence-electron chi connectivity index (χ4n) is 2.11. The minimum Gasteiger partial charge on any atom is -0.497 e. The minimum absolute atomic E-state index is 0.140. The molecule has 3 aromatic rings. The number of hydrogen-bond acceptors (Lipinski definition) is 4. The van der Waals surface area contributed by atoms with Gasteiger partial charge in [0.25, 0.3) is 0 Å². The molecule has 0 aliphatic rings. The van der Waals surface area contributed by atoms with Gasteiger partial charge < -0.3 is 9.47 Å². The quantitative estimate of drug-likeness (QED) is 0.733. The largest absolute Gasteiger partial charge is 0.497 e. The standard InChI is InChI=1S/C16H12F2N2O2/c1-21-11-6-4-5-10(9-11)14-19-13-8-3-2-7-12(13)15(20-14)22-16(17)18/h2-9,16H,1H3. The highest BCUT2D eigenvalue weighted by Gasteiger charge is 2.14. The smallest absolute Gasteiger partial charge is 0.388 e. The number of rotatable bonds is 4. The average Bonchev–Trinajstić information content (AvgIpc) is 2.54. The van der Waals surface area contributed by atoms with Crippen LogP contribution in [0.15, 0.2) is 48.5 Å². The minimum atomic E-state index is -2.95. The number of aromatic nitrogens is 2. The third kappa shape index (κ3) is 2.81. The van der Waals surface area contributed by atoms with Crippen molar-refractivity contribution >= 4 is 10.9 Å². The molecule has 22 heavy (non-hydrogen) atoms. The van der Waals surface area contributed by atoms with Gasteiger partial charge in [-0.1, -0.05) is 24.3 Å². The van der Waals surface area contributed by atoms with Crippen molar-refractivity contribution in [1.29, 1.82) is 0 Å². The van der Waals surface area contributed by atoms with E-state index in [4.69, 9.17) is 4.74 Å². The predicted molar refractivity (Wildman–Crippen MR) is 78.2 cm³/mol. The number of nitrogens with zero attached hydrogens (tertiary/aromatic N) is 2. The van der Waals surface area contributed by atoms with E-state index in [9.17, 15) is 8.78 Å². The van der Waals surface area contributed by atoms with E-state index in [-0.39, 0.29) is 5.88 Å². The van der Waals surface area contributed by atoms with Crippen molar-refractivity contribution in [1.82, 2.24) is 9.97 Å². The third-order valence-corrected chi connectivity index (χ3v) is 3.10. The molecule has 0 saturated carbocycles. The second kappa shape index (κ2) is 5.93. The zero-order valence-corrected chi connectivity index (χ0v) is 11.7. The van der Waals surface area contributed by atoms with Gasteiger partial charge in [0.2, 0.25) is 5.88 Å². The second-order valence-electron chi connectivity index (χ2n) is 4.48. The number of fused-ring (bicyclic) bond motifs is 1. The molecule has 2 aromatic carbocycles. The summed E-state index contributed by atoms with van der Waals surface area (Å²) in [6.07, 6.45) is 0. The molecule has 0 N–H and O–H groups in total. The molecule has 0 aliphatic carbocycles. The van der Waals surface area contributed by atoms with Crippen LogP contribution in [-0.2, 0) is 0 Å².